The largest absolute Gasteiger partial charge is 0.370 e. The number of aryl methyl sites for hydroxylation is 2. The van der Waals surface area contributed by atoms with Crippen LogP contribution in [0.4, 0.5) is 5.69 Å². The van der Waals surface area contributed by atoms with Gasteiger partial charge in [-0.2, -0.15) is 0 Å². The van der Waals surface area contributed by atoms with Crippen LogP contribution in [0.5, 0.6) is 0 Å². The Morgan fingerprint density at radius 3 is 2.65 bits per heavy atom. The van der Waals surface area contributed by atoms with Gasteiger partial charge in [0.05, 0.1) is 5.54 Å². The number of anilines is 1. The van der Waals surface area contributed by atoms with Crippen molar-refractivity contribution in [2.24, 2.45) is 10.7 Å². The molecule has 17 heavy (non-hydrogen) atoms. The normalized spacial score (nSPS) is 15.8. The lowest BCUT2D eigenvalue weighted by atomic mass is 10.1. The molecule has 1 aromatic carbocycles. The molecule has 2 rings (SSSR count). The lowest BCUT2D eigenvalue weighted by Crippen LogP contribution is -2.27. The van der Waals surface area contributed by atoms with Gasteiger partial charge in [-0.15, -0.1) is 0 Å². The smallest absolute Gasteiger partial charge is 0.193 e. The maximum Gasteiger partial charge on any atom is 0.193 e. The zero-order valence-corrected chi connectivity index (χ0v) is 10.9. The molecule has 1 aliphatic carbocycles. The molecule has 0 unspecified atom stereocenters. The molecule has 92 valence electrons. The highest BCUT2D eigenvalue weighted by Crippen LogP contribution is 2.24. The molecule has 0 fully saturated rings. The van der Waals surface area contributed by atoms with E-state index in [1.807, 2.05) is 20.8 Å². The summed E-state index contributed by atoms with van der Waals surface area (Å²) in [5, 5.41) is 3.16. The van der Waals surface area contributed by atoms with Crippen LogP contribution in [-0.4, -0.2) is 11.5 Å². The maximum absolute atomic E-state index is 5.88. The van der Waals surface area contributed by atoms with Gasteiger partial charge in [0.25, 0.3) is 0 Å². The van der Waals surface area contributed by atoms with Gasteiger partial charge in [-0.05, 0) is 63.3 Å². The molecule has 0 heterocycles. The van der Waals surface area contributed by atoms with E-state index in [0.717, 1.165) is 5.69 Å². The van der Waals surface area contributed by atoms with E-state index < -0.39 is 0 Å². The highest BCUT2D eigenvalue weighted by molar-refractivity contribution is 5.92. The number of aliphatic imine (C=N–C) groups is 1. The minimum Gasteiger partial charge on any atom is -0.370 e. The van der Waals surface area contributed by atoms with Gasteiger partial charge in [0.2, 0.25) is 0 Å². The van der Waals surface area contributed by atoms with Crippen LogP contribution in [-0.2, 0) is 12.8 Å². The second kappa shape index (κ2) is 4.40. The summed E-state index contributed by atoms with van der Waals surface area (Å²) < 4.78 is 0. The predicted molar refractivity (Wildman–Crippen MR) is 73.5 cm³/mol. The van der Waals surface area contributed by atoms with Crippen molar-refractivity contribution in [3.8, 4) is 0 Å². The first-order valence-corrected chi connectivity index (χ1v) is 6.18. The Morgan fingerprint density at radius 1 is 1.24 bits per heavy atom. The van der Waals surface area contributed by atoms with E-state index in [4.69, 9.17) is 5.73 Å². The quantitative estimate of drug-likeness (QED) is 0.576. The van der Waals surface area contributed by atoms with E-state index in [9.17, 15) is 0 Å². The number of guanidine groups is 1. The summed E-state index contributed by atoms with van der Waals surface area (Å²) in [7, 11) is 0. The van der Waals surface area contributed by atoms with Crippen LogP contribution >= 0.6 is 0 Å². The molecule has 0 amide bonds. The Balaban J connectivity index is 2.12. The molecule has 0 saturated carbocycles. The molecule has 0 aromatic heterocycles. The molecular weight excluding hydrogens is 210 g/mol. The third-order valence-corrected chi connectivity index (χ3v) is 2.83. The van der Waals surface area contributed by atoms with Crippen molar-refractivity contribution in [1.82, 2.24) is 0 Å². The SMILES string of the molecule is CC(C)(C)N=C(N)Nc1ccc2c(c1)CCC2. The van der Waals surface area contributed by atoms with Gasteiger partial charge in [0.15, 0.2) is 5.96 Å². The molecule has 1 aromatic rings. The van der Waals surface area contributed by atoms with Crippen LogP contribution in [0.25, 0.3) is 0 Å². The Morgan fingerprint density at radius 2 is 1.94 bits per heavy atom. The van der Waals surface area contributed by atoms with E-state index in [1.54, 1.807) is 0 Å². The number of fused-ring (bicyclic) bond motifs is 1. The first-order valence-electron chi connectivity index (χ1n) is 6.18. The van der Waals surface area contributed by atoms with Crippen LogP contribution in [0.3, 0.4) is 0 Å². The Hall–Kier alpha value is -1.51. The summed E-state index contributed by atoms with van der Waals surface area (Å²) in [5.41, 5.74) is 9.69. The number of benzene rings is 1. The van der Waals surface area contributed by atoms with E-state index in [-0.39, 0.29) is 5.54 Å². The predicted octanol–water partition coefficient (Wildman–Crippen LogP) is 2.70. The summed E-state index contributed by atoms with van der Waals surface area (Å²) >= 11 is 0. The monoisotopic (exact) mass is 231 g/mol. The molecule has 0 saturated heterocycles. The number of rotatable bonds is 1. The van der Waals surface area contributed by atoms with Gasteiger partial charge in [0, 0.05) is 5.69 Å². The summed E-state index contributed by atoms with van der Waals surface area (Å²) in [6.45, 7) is 6.10. The lowest BCUT2D eigenvalue weighted by molar-refractivity contribution is 0.583. The zero-order chi connectivity index (χ0) is 12.5. The summed E-state index contributed by atoms with van der Waals surface area (Å²) in [6, 6.07) is 6.46. The summed E-state index contributed by atoms with van der Waals surface area (Å²) in [5.74, 6) is 0.482. The van der Waals surface area contributed by atoms with E-state index in [2.05, 4.69) is 28.5 Å². The van der Waals surface area contributed by atoms with Crippen molar-refractivity contribution >= 4 is 11.6 Å². The van der Waals surface area contributed by atoms with Crippen molar-refractivity contribution in [1.29, 1.82) is 0 Å². The third-order valence-electron chi connectivity index (χ3n) is 2.83. The fourth-order valence-corrected chi connectivity index (χ4v) is 2.19. The van der Waals surface area contributed by atoms with Gasteiger partial charge in [-0.25, -0.2) is 4.99 Å². The molecule has 0 aliphatic heterocycles. The summed E-state index contributed by atoms with van der Waals surface area (Å²) in [4.78, 5) is 4.38. The first-order chi connectivity index (χ1) is 7.94. The third kappa shape index (κ3) is 3.22. The van der Waals surface area contributed by atoms with Gasteiger partial charge in [-0.3, -0.25) is 0 Å². The number of nitrogens with one attached hydrogen (secondary N) is 1. The van der Waals surface area contributed by atoms with Crippen molar-refractivity contribution in [2.75, 3.05) is 5.32 Å². The van der Waals surface area contributed by atoms with E-state index in [0.29, 0.717) is 5.96 Å². The highest BCUT2D eigenvalue weighted by Gasteiger charge is 2.12. The topological polar surface area (TPSA) is 50.4 Å². The molecule has 1 aliphatic rings. The molecule has 0 radical (unpaired) electrons. The van der Waals surface area contributed by atoms with Crippen molar-refractivity contribution in [3.63, 3.8) is 0 Å². The highest BCUT2D eigenvalue weighted by atomic mass is 15.1. The molecular formula is C14H21N3. The average molecular weight is 231 g/mol. The fraction of sp³-hybridized carbons (Fsp3) is 0.500. The molecule has 0 atom stereocenters. The average Bonchev–Trinajstić information content (AvgIpc) is 2.61. The Labute approximate surface area is 103 Å². The summed E-state index contributed by atoms with van der Waals surface area (Å²) in [6.07, 6.45) is 3.66. The number of nitrogens with zero attached hydrogens (tertiary/aromatic N) is 1. The van der Waals surface area contributed by atoms with E-state index in [1.165, 1.54) is 30.4 Å². The van der Waals surface area contributed by atoms with Crippen LogP contribution < -0.4 is 11.1 Å². The Kier molecular flexibility index (Phi) is 3.09. The molecule has 0 spiro atoms. The van der Waals surface area contributed by atoms with Crippen molar-refractivity contribution < 1.29 is 0 Å². The number of nitrogens with two attached hydrogens (primary N) is 1. The second-order valence-corrected chi connectivity index (χ2v) is 5.63. The van der Waals surface area contributed by atoms with Gasteiger partial charge in [-0.1, -0.05) is 6.07 Å². The maximum atomic E-state index is 5.88. The minimum atomic E-state index is -0.145. The molecule has 3 nitrogen and oxygen atoms in total. The standard InChI is InChI=1S/C14H21N3/c1-14(2,3)17-13(15)16-12-8-7-10-5-4-6-11(10)9-12/h7-9H,4-6H2,1-3H3,(H3,15,16,17). The molecule has 3 heteroatoms. The molecule has 3 N–H and O–H groups in total. The first kappa shape index (κ1) is 12.0. The van der Waals surface area contributed by atoms with Crippen LogP contribution in [0.15, 0.2) is 23.2 Å². The number of hydrogen-bond acceptors (Lipinski definition) is 1. The van der Waals surface area contributed by atoms with Gasteiger partial charge in [0.1, 0.15) is 0 Å². The fourth-order valence-electron chi connectivity index (χ4n) is 2.19. The van der Waals surface area contributed by atoms with Crippen molar-refractivity contribution in [2.45, 2.75) is 45.6 Å². The van der Waals surface area contributed by atoms with E-state index >= 15 is 0 Å². The lowest BCUT2D eigenvalue weighted by Gasteiger charge is -2.15. The Bertz CT molecular complexity index is 441. The van der Waals surface area contributed by atoms with Crippen LogP contribution in [0.2, 0.25) is 0 Å². The van der Waals surface area contributed by atoms with Gasteiger partial charge >= 0.3 is 0 Å². The second-order valence-electron chi connectivity index (χ2n) is 5.63. The van der Waals surface area contributed by atoms with Gasteiger partial charge < -0.3 is 11.1 Å². The molecule has 0 bridgehead atoms. The van der Waals surface area contributed by atoms with Crippen LogP contribution in [0, 0.1) is 0 Å². The van der Waals surface area contributed by atoms with Crippen molar-refractivity contribution in [3.05, 3.63) is 29.3 Å². The zero-order valence-electron chi connectivity index (χ0n) is 10.9. The van der Waals surface area contributed by atoms with Crippen LogP contribution in [0.1, 0.15) is 38.3 Å². The number of hydrogen-bond donors (Lipinski definition) is 2. The minimum absolute atomic E-state index is 0.145.